The number of ketones is 1. The SMILES string of the molecule is O=C(c1cccs1)C1CCCN(C(=O)NCCCc2ccco2)C1. The fraction of sp³-hybridized carbons (Fsp3) is 0.444. The van der Waals surface area contributed by atoms with Gasteiger partial charge in [-0.15, -0.1) is 11.3 Å². The summed E-state index contributed by atoms with van der Waals surface area (Å²) in [4.78, 5) is 27.3. The van der Waals surface area contributed by atoms with E-state index in [-0.39, 0.29) is 17.7 Å². The van der Waals surface area contributed by atoms with Gasteiger partial charge < -0.3 is 14.6 Å². The number of carbonyl (C=O) groups excluding carboxylic acids is 2. The molecule has 5 nitrogen and oxygen atoms in total. The second-order valence-corrected chi connectivity index (χ2v) is 6.99. The molecule has 24 heavy (non-hydrogen) atoms. The molecule has 2 aromatic rings. The van der Waals surface area contributed by atoms with Crippen molar-refractivity contribution in [2.75, 3.05) is 19.6 Å². The molecule has 1 fully saturated rings. The molecule has 1 aliphatic heterocycles. The van der Waals surface area contributed by atoms with Crippen molar-refractivity contribution in [3.8, 4) is 0 Å². The quantitative estimate of drug-likeness (QED) is 0.642. The predicted molar refractivity (Wildman–Crippen MR) is 93.4 cm³/mol. The van der Waals surface area contributed by atoms with E-state index in [4.69, 9.17) is 4.42 Å². The average molecular weight is 346 g/mol. The molecule has 1 aliphatic rings. The molecule has 0 saturated carbocycles. The third-order valence-corrected chi connectivity index (χ3v) is 5.18. The van der Waals surface area contributed by atoms with Gasteiger partial charge in [-0.1, -0.05) is 6.07 Å². The Morgan fingerprint density at radius 1 is 1.33 bits per heavy atom. The molecule has 1 atom stereocenters. The number of aryl methyl sites for hydroxylation is 1. The summed E-state index contributed by atoms with van der Waals surface area (Å²) in [6.07, 6.45) is 5.05. The van der Waals surface area contributed by atoms with Crippen molar-refractivity contribution >= 4 is 23.2 Å². The van der Waals surface area contributed by atoms with E-state index >= 15 is 0 Å². The smallest absolute Gasteiger partial charge is 0.317 e. The number of amides is 2. The summed E-state index contributed by atoms with van der Waals surface area (Å²) in [6.45, 7) is 1.85. The lowest BCUT2D eigenvalue weighted by molar-refractivity contribution is 0.0850. The molecule has 2 amide bonds. The maximum absolute atomic E-state index is 12.5. The van der Waals surface area contributed by atoms with E-state index in [1.54, 1.807) is 11.2 Å². The minimum atomic E-state index is -0.0775. The summed E-state index contributed by atoms with van der Waals surface area (Å²) in [5, 5.41) is 4.86. The summed E-state index contributed by atoms with van der Waals surface area (Å²) < 4.78 is 5.27. The standard InChI is InChI=1S/C18H22N2O3S/c21-17(16-8-4-12-24-16)14-5-2-10-20(13-14)18(22)19-9-1-6-15-7-3-11-23-15/h3-4,7-8,11-12,14H,1-2,5-6,9-10,13H2,(H,19,22). The lowest BCUT2D eigenvalue weighted by atomic mass is 9.93. The number of nitrogens with zero attached hydrogens (tertiary/aromatic N) is 1. The number of Topliss-reactive ketones (excluding diaryl/α,β-unsaturated/α-hetero) is 1. The second kappa shape index (κ2) is 8.15. The second-order valence-electron chi connectivity index (χ2n) is 6.04. The molecule has 0 bridgehead atoms. The highest BCUT2D eigenvalue weighted by molar-refractivity contribution is 7.12. The van der Waals surface area contributed by atoms with Gasteiger partial charge in [-0.05, 0) is 42.8 Å². The Morgan fingerprint density at radius 2 is 2.25 bits per heavy atom. The highest BCUT2D eigenvalue weighted by Crippen LogP contribution is 2.23. The summed E-state index contributed by atoms with van der Waals surface area (Å²) in [7, 11) is 0. The van der Waals surface area contributed by atoms with Gasteiger partial charge >= 0.3 is 6.03 Å². The van der Waals surface area contributed by atoms with Crippen LogP contribution in [0, 0.1) is 5.92 Å². The van der Waals surface area contributed by atoms with Gasteiger partial charge in [0.2, 0.25) is 0 Å². The van der Waals surface area contributed by atoms with Crippen LogP contribution < -0.4 is 5.32 Å². The van der Waals surface area contributed by atoms with Crippen LogP contribution in [-0.2, 0) is 6.42 Å². The Kier molecular flexibility index (Phi) is 5.69. The van der Waals surface area contributed by atoms with E-state index < -0.39 is 0 Å². The van der Waals surface area contributed by atoms with Gasteiger partial charge in [-0.3, -0.25) is 4.79 Å². The Labute approximate surface area is 145 Å². The molecule has 0 aliphatic carbocycles. The number of furan rings is 1. The van der Waals surface area contributed by atoms with Crippen molar-refractivity contribution in [1.82, 2.24) is 10.2 Å². The van der Waals surface area contributed by atoms with Crippen molar-refractivity contribution < 1.29 is 14.0 Å². The molecule has 2 aromatic heterocycles. The largest absolute Gasteiger partial charge is 0.469 e. The van der Waals surface area contributed by atoms with Crippen LogP contribution in [0.15, 0.2) is 40.3 Å². The molecule has 1 N–H and O–H groups in total. The van der Waals surface area contributed by atoms with Crippen LogP contribution >= 0.6 is 11.3 Å². The number of thiophene rings is 1. The maximum Gasteiger partial charge on any atom is 0.317 e. The first-order valence-electron chi connectivity index (χ1n) is 8.37. The molecular formula is C18H22N2O3S. The zero-order valence-corrected chi connectivity index (χ0v) is 14.4. The topological polar surface area (TPSA) is 62.6 Å². The molecule has 3 rings (SSSR count). The van der Waals surface area contributed by atoms with Gasteiger partial charge in [0.05, 0.1) is 11.1 Å². The summed E-state index contributed by atoms with van der Waals surface area (Å²) >= 11 is 1.47. The summed E-state index contributed by atoms with van der Waals surface area (Å²) in [6, 6.07) is 7.49. The number of piperidine rings is 1. The molecule has 3 heterocycles. The first kappa shape index (κ1) is 16.8. The third kappa shape index (κ3) is 4.26. The molecule has 128 valence electrons. The Balaban J connectivity index is 1.43. The minimum Gasteiger partial charge on any atom is -0.469 e. The lowest BCUT2D eigenvalue weighted by Gasteiger charge is -2.31. The Hall–Kier alpha value is -2.08. The number of likely N-dealkylation sites (tertiary alicyclic amines) is 1. The highest BCUT2D eigenvalue weighted by Gasteiger charge is 2.29. The van der Waals surface area contributed by atoms with Gasteiger partial charge in [0.15, 0.2) is 5.78 Å². The van der Waals surface area contributed by atoms with Crippen LogP contribution in [0.3, 0.4) is 0 Å². The Morgan fingerprint density at radius 3 is 3.00 bits per heavy atom. The van der Waals surface area contributed by atoms with Crippen LogP contribution in [0.5, 0.6) is 0 Å². The molecule has 6 heteroatoms. The Bertz CT molecular complexity index is 652. The number of hydrogen-bond acceptors (Lipinski definition) is 4. The van der Waals surface area contributed by atoms with E-state index in [0.29, 0.717) is 13.1 Å². The van der Waals surface area contributed by atoms with Gasteiger partial charge in [-0.25, -0.2) is 4.79 Å². The fourth-order valence-electron chi connectivity index (χ4n) is 3.02. The first-order valence-corrected chi connectivity index (χ1v) is 9.25. The monoisotopic (exact) mass is 346 g/mol. The van der Waals surface area contributed by atoms with E-state index in [0.717, 1.165) is 42.9 Å². The van der Waals surface area contributed by atoms with E-state index in [9.17, 15) is 9.59 Å². The normalized spacial score (nSPS) is 17.7. The van der Waals surface area contributed by atoms with Crippen LogP contribution in [-0.4, -0.2) is 36.3 Å². The van der Waals surface area contributed by atoms with Gasteiger partial charge in [0.1, 0.15) is 5.76 Å². The predicted octanol–water partition coefficient (Wildman–Crippen LogP) is 3.58. The van der Waals surface area contributed by atoms with E-state index in [2.05, 4.69) is 5.32 Å². The third-order valence-electron chi connectivity index (χ3n) is 4.30. The molecule has 0 spiro atoms. The zero-order chi connectivity index (χ0) is 16.8. The van der Waals surface area contributed by atoms with Crippen molar-refractivity contribution in [1.29, 1.82) is 0 Å². The summed E-state index contributed by atoms with van der Waals surface area (Å²) in [5.74, 6) is 1.02. The molecule has 1 saturated heterocycles. The zero-order valence-electron chi connectivity index (χ0n) is 13.6. The molecule has 0 aromatic carbocycles. The van der Waals surface area contributed by atoms with Crippen LogP contribution in [0.1, 0.15) is 34.7 Å². The molecule has 0 radical (unpaired) electrons. The number of rotatable bonds is 6. The van der Waals surface area contributed by atoms with Crippen LogP contribution in [0.4, 0.5) is 4.79 Å². The van der Waals surface area contributed by atoms with E-state index in [1.165, 1.54) is 11.3 Å². The number of carbonyl (C=O) groups is 2. The first-order chi connectivity index (χ1) is 11.7. The van der Waals surface area contributed by atoms with Gasteiger partial charge in [-0.2, -0.15) is 0 Å². The minimum absolute atomic E-state index is 0.0712. The highest BCUT2D eigenvalue weighted by atomic mass is 32.1. The number of hydrogen-bond donors (Lipinski definition) is 1. The van der Waals surface area contributed by atoms with Crippen molar-refractivity contribution in [3.63, 3.8) is 0 Å². The summed E-state index contributed by atoms with van der Waals surface area (Å²) in [5.41, 5.74) is 0. The maximum atomic E-state index is 12.5. The van der Waals surface area contributed by atoms with Crippen molar-refractivity contribution in [3.05, 3.63) is 46.5 Å². The van der Waals surface area contributed by atoms with Crippen LogP contribution in [0.2, 0.25) is 0 Å². The number of nitrogens with one attached hydrogen (secondary N) is 1. The van der Waals surface area contributed by atoms with Crippen molar-refractivity contribution in [2.45, 2.75) is 25.7 Å². The van der Waals surface area contributed by atoms with Gasteiger partial charge in [0, 0.05) is 32.0 Å². The molecular weight excluding hydrogens is 324 g/mol. The van der Waals surface area contributed by atoms with E-state index in [1.807, 2.05) is 29.6 Å². The van der Waals surface area contributed by atoms with Crippen molar-refractivity contribution in [2.24, 2.45) is 5.92 Å². The number of urea groups is 1. The lowest BCUT2D eigenvalue weighted by Crippen LogP contribution is -2.47. The average Bonchev–Trinajstić information content (AvgIpc) is 3.31. The molecule has 1 unspecified atom stereocenters. The van der Waals surface area contributed by atoms with Gasteiger partial charge in [0.25, 0.3) is 0 Å². The fourth-order valence-corrected chi connectivity index (χ4v) is 3.76. The van der Waals surface area contributed by atoms with Crippen LogP contribution in [0.25, 0.3) is 0 Å².